The predicted octanol–water partition coefficient (Wildman–Crippen LogP) is 3.42. The second-order valence-electron chi connectivity index (χ2n) is 4.68. The van der Waals surface area contributed by atoms with E-state index >= 15 is 0 Å². The molecule has 1 heteroatoms. The maximum absolute atomic E-state index is 5.47. The lowest BCUT2D eigenvalue weighted by Gasteiger charge is -1.90. The molecule has 1 aliphatic heterocycles. The van der Waals surface area contributed by atoms with E-state index in [1.807, 2.05) is 60.7 Å². The topological polar surface area (TPSA) is 9.23 Å². The fraction of sp³-hybridized carbons (Fsp3) is 0.100. The van der Waals surface area contributed by atoms with Crippen molar-refractivity contribution in [1.29, 1.82) is 0 Å². The lowest BCUT2D eigenvalue weighted by atomic mass is 10.1. The van der Waals surface area contributed by atoms with Crippen molar-refractivity contribution in [2.75, 3.05) is 13.2 Å². The molecule has 100 valence electrons. The van der Waals surface area contributed by atoms with Gasteiger partial charge in [0.1, 0.15) is 0 Å². The molecule has 0 unspecified atom stereocenters. The zero-order chi connectivity index (χ0) is 14.3. The third-order valence-electron chi connectivity index (χ3n) is 3.12. The fourth-order valence-electron chi connectivity index (χ4n) is 1.99. The van der Waals surface area contributed by atoms with Crippen molar-refractivity contribution in [2.45, 2.75) is 0 Å². The fourth-order valence-corrected chi connectivity index (χ4v) is 1.99. The summed E-state index contributed by atoms with van der Waals surface area (Å²) in [5.74, 6) is 12.7. The van der Waals surface area contributed by atoms with E-state index in [1.54, 1.807) is 0 Å². The Morgan fingerprint density at radius 3 is 1.43 bits per heavy atom. The van der Waals surface area contributed by atoms with Crippen LogP contribution in [0.15, 0.2) is 71.8 Å². The first-order chi connectivity index (χ1) is 10.4. The molecule has 2 aromatic rings. The summed E-state index contributed by atoms with van der Waals surface area (Å²) >= 11 is 0. The van der Waals surface area contributed by atoms with E-state index in [1.165, 1.54) is 0 Å². The van der Waals surface area contributed by atoms with E-state index in [0.717, 1.165) is 22.3 Å². The van der Waals surface area contributed by atoms with E-state index in [0.29, 0.717) is 13.2 Å². The first-order valence-corrected chi connectivity index (χ1v) is 6.86. The maximum atomic E-state index is 5.47. The van der Waals surface area contributed by atoms with Crippen molar-refractivity contribution in [1.82, 2.24) is 0 Å². The van der Waals surface area contributed by atoms with Crippen LogP contribution in [0.1, 0.15) is 11.1 Å². The molecule has 0 spiro atoms. The Morgan fingerprint density at radius 1 is 0.571 bits per heavy atom. The van der Waals surface area contributed by atoms with Gasteiger partial charge in [-0.05, 0) is 24.3 Å². The maximum Gasteiger partial charge on any atom is 0.0810 e. The SMILES string of the molecule is C(#Cc1ccccc1)C1=C(C#Cc2ccccc2)COC1. The molecule has 3 rings (SSSR count). The van der Waals surface area contributed by atoms with Crippen molar-refractivity contribution in [3.8, 4) is 23.7 Å². The molecule has 1 aliphatic rings. The molecule has 0 atom stereocenters. The zero-order valence-corrected chi connectivity index (χ0v) is 11.6. The van der Waals surface area contributed by atoms with Crippen LogP contribution in [-0.2, 0) is 4.74 Å². The first-order valence-electron chi connectivity index (χ1n) is 6.86. The van der Waals surface area contributed by atoms with Crippen LogP contribution in [0.25, 0.3) is 0 Å². The summed E-state index contributed by atoms with van der Waals surface area (Å²) in [6.07, 6.45) is 0. The Labute approximate surface area is 125 Å². The molecule has 1 heterocycles. The van der Waals surface area contributed by atoms with Crippen LogP contribution in [0.3, 0.4) is 0 Å². The predicted molar refractivity (Wildman–Crippen MR) is 84.5 cm³/mol. The highest BCUT2D eigenvalue weighted by Crippen LogP contribution is 2.13. The Balaban J connectivity index is 1.84. The van der Waals surface area contributed by atoms with E-state index < -0.39 is 0 Å². The van der Waals surface area contributed by atoms with Gasteiger partial charge >= 0.3 is 0 Å². The highest BCUT2D eigenvalue weighted by Gasteiger charge is 2.11. The highest BCUT2D eigenvalue weighted by molar-refractivity contribution is 5.51. The van der Waals surface area contributed by atoms with Gasteiger partial charge in [0.15, 0.2) is 0 Å². The lowest BCUT2D eigenvalue weighted by Crippen LogP contribution is -1.84. The van der Waals surface area contributed by atoms with E-state index in [4.69, 9.17) is 4.74 Å². The van der Waals surface area contributed by atoms with Gasteiger partial charge in [0.25, 0.3) is 0 Å². The summed E-state index contributed by atoms with van der Waals surface area (Å²) < 4.78 is 5.47. The molecule has 0 saturated carbocycles. The smallest absolute Gasteiger partial charge is 0.0810 e. The number of hydrogen-bond donors (Lipinski definition) is 0. The number of hydrogen-bond acceptors (Lipinski definition) is 1. The van der Waals surface area contributed by atoms with Crippen molar-refractivity contribution in [3.05, 3.63) is 82.9 Å². The van der Waals surface area contributed by atoms with E-state index in [9.17, 15) is 0 Å². The minimum atomic E-state index is 0.554. The van der Waals surface area contributed by atoms with Crippen molar-refractivity contribution < 1.29 is 4.74 Å². The second-order valence-corrected chi connectivity index (χ2v) is 4.68. The molecule has 0 aliphatic carbocycles. The Kier molecular flexibility index (Phi) is 4.18. The quantitative estimate of drug-likeness (QED) is 0.667. The van der Waals surface area contributed by atoms with Gasteiger partial charge in [-0.15, -0.1) is 0 Å². The molecule has 0 N–H and O–H groups in total. The largest absolute Gasteiger partial charge is 0.371 e. The molecule has 0 bridgehead atoms. The normalized spacial score (nSPS) is 13.1. The van der Waals surface area contributed by atoms with Crippen molar-refractivity contribution in [2.24, 2.45) is 0 Å². The molecule has 0 radical (unpaired) electrons. The Morgan fingerprint density at radius 2 is 1.00 bits per heavy atom. The van der Waals surface area contributed by atoms with Crippen LogP contribution in [-0.4, -0.2) is 13.2 Å². The molecule has 0 aromatic heterocycles. The summed E-state index contributed by atoms with van der Waals surface area (Å²) in [6.45, 7) is 1.11. The van der Waals surface area contributed by atoms with Crippen LogP contribution in [0.5, 0.6) is 0 Å². The van der Waals surface area contributed by atoms with Gasteiger partial charge in [-0.3, -0.25) is 0 Å². The molecule has 0 saturated heterocycles. The third-order valence-corrected chi connectivity index (χ3v) is 3.12. The Hall–Kier alpha value is -2.74. The van der Waals surface area contributed by atoms with Gasteiger partial charge in [-0.1, -0.05) is 60.1 Å². The van der Waals surface area contributed by atoms with Gasteiger partial charge in [0.2, 0.25) is 0 Å². The van der Waals surface area contributed by atoms with Gasteiger partial charge in [-0.25, -0.2) is 0 Å². The minimum Gasteiger partial charge on any atom is -0.371 e. The molecule has 2 aromatic carbocycles. The van der Waals surface area contributed by atoms with Crippen molar-refractivity contribution >= 4 is 0 Å². The summed E-state index contributed by atoms with van der Waals surface area (Å²) in [7, 11) is 0. The van der Waals surface area contributed by atoms with Gasteiger partial charge in [0, 0.05) is 22.3 Å². The van der Waals surface area contributed by atoms with Gasteiger partial charge in [0.05, 0.1) is 13.2 Å². The van der Waals surface area contributed by atoms with Crippen LogP contribution < -0.4 is 0 Å². The summed E-state index contributed by atoms with van der Waals surface area (Å²) in [5, 5.41) is 0. The summed E-state index contributed by atoms with van der Waals surface area (Å²) in [5.41, 5.74) is 3.99. The van der Waals surface area contributed by atoms with Crippen LogP contribution in [0.2, 0.25) is 0 Å². The highest BCUT2D eigenvalue weighted by atomic mass is 16.5. The Bertz CT molecular complexity index is 695. The van der Waals surface area contributed by atoms with Crippen LogP contribution >= 0.6 is 0 Å². The van der Waals surface area contributed by atoms with Crippen LogP contribution in [0, 0.1) is 23.7 Å². The zero-order valence-electron chi connectivity index (χ0n) is 11.6. The minimum absolute atomic E-state index is 0.554. The third kappa shape index (κ3) is 3.63. The van der Waals surface area contributed by atoms with Crippen molar-refractivity contribution in [3.63, 3.8) is 0 Å². The van der Waals surface area contributed by atoms with Gasteiger partial charge < -0.3 is 4.74 Å². The molecule has 0 fully saturated rings. The average Bonchev–Trinajstić information content (AvgIpc) is 3.00. The van der Waals surface area contributed by atoms with Gasteiger partial charge in [-0.2, -0.15) is 0 Å². The number of ether oxygens (including phenoxy) is 1. The molecule has 21 heavy (non-hydrogen) atoms. The number of benzene rings is 2. The molecule has 0 amide bonds. The monoisotopic (exact) mass is 270 g/mol. The summed E-state index contributed by atoms with van der Waals surface area (Å²) in [6, 6.07) is 19.9. The summed E-state index contributed by atoms with van der Waals surface area (Å²) in [4.78, 5) is 0. The van der Waals surface area contributed by atoms with E-state index in [-0.39, 0.29) is 0 Å². The molecule has 1 nitrogen and oxygen atoms in total. The average molecular weight is 270 g/mol. The number of rotatable bonds is 0. The second kappa shape index (κ2) is 6.62. The van der Waals surface area contributed by atoms with E-state index in [2.05, 4.69) is 23.7 Å². The first kappa shape index (κ1) is 13.3. The molecular weight excluding hydrogens is 256 g/mol. The standard InChI is InChI=1S/C20H14O/c1-3-7-17(8-4-1)11-13-19-15-21-16-20(19)14-12-18-9-5-2-6-10-18/h1-10H,15-16H2. The molecular formula is C20H14O. The van der Waals surface area contributed by atoms with Crippen LogP contribution in [0.4, 0.5) is 0 Å². The lowest BCUT2D eigenvalue weighted by molar-refractivity contribution is 0.208.